The molecule has 0 aromatic rings. The lowest BCUT2D eigenvalue weighted by atomic mass is 9.72. The maximum Gasteiger partial charge on any atom is 0.0244 e. The molecular weight excluding hydrogens is 146 g/mol. The molecular formula is C11H19N. The van der Waals surface area contributed by atoms with Crippen molar-refractivity contribution in [2.45, 2.75) is 44.1 Å². The maximum absolute atomic E-state index is 3.87. The molecule has 1 heterocycles. The normalized spacial score (nSPS) is 40.8. The Morgan fingerprint density at radius 1 is 1.42 bits per heavy atom. The molecule has 0 aromatic carbocycles. The SMILES string of the molecule is C=CCC12CCCCC1CCN2. The van der Waals surface area contributed by atoms with Gasteiger partial charge in [-0.25, -0.2) is 0 Å². The molecule has 2 aliphatic rings. The molecule has 2 fully saturated rings. The fourth-order valence-electron chi connectivity index (χ4n) is 3.06. The van der Waals surface area contributed by atoms with Crippen molar-refractivity contribution >= 4 is 0 Å². The minimum Gasteiger partial charge on any atom is -0.311 e. The average Bonchev–Trinajstić information content (AvgIpc) is 2.48. The van der Waals surface area contributed by atoms with Crippen molar-refractivity contribution < 1.29 is 0 Å². The lowest BCUT2D eigenvalue weighted by Crippen LogP contribution is -2.46. The third-order valence-electron chi connectivity index (χ3n) is 3.69. The van der Waals surface area contributed by atoms with Crippen molar-refractivity contribution in [3.63, 3.8) is 0 Å². The van der Waals surface area contributed by atoms with Crippen LogP contribution in [0.25, 0.3) is 0 Å². The molecule has 1 aliphatic heterocycles. The summed E-state index contributed by atoms with van der Waals surface area (Å²) in [5.74, 6) is 0.948. The highest BCUT2D eigenvalue weighted by molar-refractivity contribution is 5.04. The van der Waals surface area contributed by atoms with Gasteiger partial charge in [0.2, 0.25) is 0 Å². The highest BCUT2D eigenvalue weighted by Crippen LogP contribution is 2.41. The van der Waals surface area contributed by atoms with Crippen molar-refractivity contribution in [3.05, 3.63) is 12.7 Å². The molecule has 1 aliphatic carbocycles. The van der Waals surface area contributed by atoms with Gasteiger partial charge in [0.1, 0.15) is 0 Å². The van der Waals surface area contributed by atoms with Gasteiger partial charge in [0.15, 0.2) is 0 Å². The molecule has 1 nitrogen and oxygen atoms in total. The first-order chi connectivity index (χ1) is 5.87. The largest absolute Gasteiger partial charge is 0.311 e. The Hall–Kier alpha value is -0.300. The van der Waals surface area contributed by atoms with Crippen LogP contribution < -0.4 is 5.32 Å². The first-order valence-electron chi connectivity index (χ1n) is 5.23. The van der Waals surface area contributed by atoms with E-state index in [0.717, 1.165) is 5.92 Å². The second-order valence-electron chi connectivity index (χ2n) is 4.31. The van der Waals surface area contributed by atoms with Crippen LogP contribution in [0.4, 0.5) is 0 Å². The van der Waals surface area contributed by atoms with Crippen molar-refractivity contribution in [1.29, 1.82) is 0 Å². The molecule has 0 radical (unpaired) electrons. The van der Waals surface area contributed by atoms with Crippen molar-refractivity contribution in [3.8, 4) is 0 Å². The third kappa shape index (κ3) is 1.20. The Balaban J connectivity index is 2.11. The van der Waals surface area contributed by atoms with E-state index < -0.39 is 0 Å². The Bertz CT molecular complexity index is 176. The minimum atomic E-state index is 0.472. The smallest absolute Gasteiger partial charge is 0.0244 e. The summed E-state index contributed by atoms with van der Waals surface area (Å²) in [6.45, 7) is 5.10. The second kappa shape index (κ2) is 3.21. The molecule has 2 unspecified atom stereocenters. The van der Waals surface area contributed by atoms with Crippen LogP contribution in [0.1, 0.15) is 38.5 Å². The molecule has 1 saturated carbocycles. The zero-order valence-electron chi connectivity index (χ0n) is 7.81. The second-order valence-corrected chi connectivity index (χ2v) is 4.31. The van der Waals surface area contributed by atoms with E-state index in [0.29, 0.717) is 5.54 Å². The van der Waals surface area contributed by atoms with Gasteiger partial charge >= 0.3 is 0 Å². The van der Waals surface area contributed by atoms with Crippen molar-refractivity contribution in [2.75, 3.05) is 6.54 Å². The summed E-state index contributed by atoms with van der Waals surface area (Å²) in [4.78, 5) is 0. The van der Waals surface area contributed by atoms with Crippen LogP contribution in [0.15, 0.2) is 12.7 Å². The lowest BCUT2D eigenvalue weighted by molar-refractivity contribution is 0.198. The van der Waals surface area contributed by atoms with Crippen LogP contribution in [-0.4, -0.2) is 12.1 Å². The standard InChI is InChI=1S/C11H19N/c1-2-7-11-8-4-3-5-10(11)6-9-12-11/h2,10,12H,1,3-9H2. The van der Waals surface area contributed by atoms with Crippen LogP contribution >= 0.6 is 0 Å². The van der Waals surface area contributed by atoms with E-state index in [1.54, 1.807) is 0 Å². The van der Waals surface area contributed by atoms with Gasteiger partial charge in [0.25, 0.3) is 0 Å². The fourth-order valence-corrected chi connectivity index (χ4v) is 3.06. The summed E-state index contributed by atoms with van der Waals surface area (Å²) in [5, 5.41) is 3.70. The molecule has 2 atom stereocenters. The van der Waals surface area contributed by atoms with Crippen molar-refractivity contribution in [2.24, 2.45) is 5.92 Å². The molecule has 0 aromatic heterocycles. The fraction of sp³-hybridized carbons (Fsp3) is 0.818. The van der Waals surface area contributed by atoms with E-state index in [9.17, 15) is 0 Å². The average molecular weight is 165 g/mol. The number of fused-ring (bicyclic) bond motifs is 1. The first-order valence-corrected chi connectivity index (χ1v) is 5.23. The van der Waals surface area contributed by atoms with E-state index in [1.807, 2.05) is 0 Å². The summed E-state index contributed by atoms with van der Waals surface area (Å²) >= 11 is 0. The molecule has 1 N–H and O–H groups in total. The highest BCUT2D eigenvalue weighted by Gasteiger charge is 2.42. The lowest BCUT2D eigenvalue weighted by Gasteiger charge is -2.39. The molecule has 12 heavy (non-hydrogen) atoms. The van der Waals surface area contributed by atoms with Gasteiger partial charge in [0.05, 0.1) is 0 Å². The van der Waals surface area contributed by atoms with E-state index in [4.69, 9.17) is 0 Å². The molecule has 1 saturated heterocycles. The summed E-state index contributed by atoms with van der Waals surface area (Å²) in [7, 11) is 0. The van der Waals surface area contributed by atoms with Crippen LogP contribution in [0.5, 0.6) is 0 Å². The quantitative estimate of drug-likeness (QED) is 0.620. The Morgan fingerprint density at radius 2 is 2.33 bits per heavy atom. The van der Waals surface area contributed by atoms with Gasteiger partial charge < -0.3 is 5.32 Å². The number of hydrogen-bond donors (Lipinski definition) is 1. The predicted octanol–water partition coefficient (Wildman–Crippen LogP) is 2.48. The third-order valence-corrected chi connectivity index (χ3v) is 3.69. The van der Waals surface area contributed by atoms with Crippen LogP contribution in [-0.2, 0) is 0 Å². The molecule has 0 amide bonds. The number of rotatable bonds is 2. The van der Waals surface area contributed by atoms with Gasteiger partial charge in [0, 0.05) is 5.54 Å². The molecule has 2 rings (SSSR count). The Kier molecular flexibility index (Phi) is 2.22. The van der Waals surface area contributed by atoms with E-state index >= 15 is 0 Å². The van der Waals surface area contributed by atoms with Gasteiger partial charge in [-0.1, -0.05) is 18.9 Å². The maximum atomic E-state index is 3.87. The van der Waals surface area contributed by atoms with Crippen LogP contribution in [0.3, 0.4) is 0 Å². The highest BCUT2D eigenvalue weighted by atomic mass is 15.0. The summed E-state index contributed by atoms with van der Waals surface area (Å²) in [6, 6.07) is 0. The molecule has 0 bridgehead atoms. The number of hydrogen-bond acceptors (Lipinski definition) is 1. The summed E-state index contributed by atoms with van der Waals surface area (Å²) in [6.07, 6.45) is 10.4. The zero-order chi connectivity index (χ0) is 8.44. The number of nitrogens with one attached hydrogen (secondary N) is 1. The van der Waals surface area contributed by atoms with Gasteiger partial charge in [-0.05, 0) is 38.1 Å². The monoisotopic (exact) mass is 165 g/mol. The van der Waals surface area contributed by atoms with E-state index in [-0.39, 0.29) is 0 Å². The zero-order valence-corrected chi connectivity index (χ0v) is 7.81. The Morgan fingerprint density at radius 3 is 3.17 bits per heavy atom. The first kappa shape index (κ1) is 8.31. The molecule has 1 heteroatoms. The predicted molar refractivity (Wildman–Crippen MR) is 52.1 cm³/mol. The summed E-state index contributed by atoms with van der Waals surface area (Å²) in [5.41, 5.74) is 0.472. The summed E-state index contributed by atoms with van der Waals surface area (Å²) < 4.78 is 0. The van der Waals surface area contributed by atoms with Crippen molar-refractivity contribution in [1.82, 2.24) is 5.32 Å². The van der Waals surface area contributed by atoms with Gasteiger partial charge in [-0.15, -0.1) is 6.58 Å². The van der Waals surface area contributed by atoms with Crippen LogP contribution in [0, 0.1) is 5.92 Å². The van der Waals surface area contributed by atoms with Gasteiger partial charge in [-0.2, -0.15) is 0 Å². The molecule has 68 valence electrons. The molecule has 0 spiro atoms. The van der Waals surface area contributed by atoms with Gasteiger partial charge in [-0.3, -0.25) is 0 Å². The Labute approximate surface area is 75.2 Å². The van der Waals surface area contributed by atoms with E-state index in [1.165, 1.54) is 45.1 Å². The topological polar surface area (TPSA) is 12.0 Å². The van der Waals surface area contributed by atoms with Crippen LogP contribution in [0.2, 0.25) is 0 Å². The minimum absolute atomic E-state index is 0.472. The van der Waals surface area contributed by atoms with E-state index in [2.05, 4.69) is 18.0 Å².